The van der Waals surface area contributed by atoms with E-state index in [9.17, 15) is 4.39 Å². The third kappa shape index (κ3) is 3.01. The Balaban J connectivity index is 2.31. The van der Waals surface area contributed by atoms with Gasteiger partial charge in [-0.2, -0.15) is 0 Å². The maximum absolute atomic E-state index is 13.0. The number of rotatable bonds is 2. The number of aryl methyl sites for hydroxylation is 1. The molecule has 0 atom stereocenters. The van der Waals surface area contributed by atoms with Gasteiger partial charge in [-0.3, -0.25) is 0 Å². The third-order valence-corrected chi connectivity index (χ3v) is 3.73. The fraction of sp³-hybridized carbons (Fsp3) is 0.167. The van der Waals surface area contributed by atoms with E-state index in [4.69, 9.17) is 11.6 Å². The van der Waals surface area contributed by atoms with Crippen molar-refractivity contribution >= 4 is 27.5 Å². The van der Waals surface area contributed by atoms with E-state index in [1.165, 1.54) is 12.1 Å². The van der Waals surface area contributed by atoms with Crippen LogP contribution in [0.5, 0.6) is 0 Å². The topological polar surface area (TPSA) is 25.8 Å². The molecule has 1 heterocycles. The molecule has 0 aliphatic rings. The predicted octanol–water partition coefficient (Wildman–Crippen LogP) is 3.93. The van der Waals surface area contributed by atoms with Crippen LogP contribution in [0.15, 0.2) is 28.7 Å². The fourth-order valence-electron chi connectivity index (χ4n) is 1.49. The Kier molecular flexibility index (Phi) is 3.74. The lowest BCUT2D eigenvalue weighted by Gasteiger charge is -2.05. The van der Waals surface area contributed by atoms with E-state index in [2.05, 4.69) is 25.9 Å². The van der Waals surface area contributed by atoms with Gasteiger partial charge < -0.3 is 0 Å². The smallest absolute Gasteiger partial charge is 0.147 e. The lowest BCUT2D eigenvalue weighted by Crippen LogP contribution is -2.00. The van der Waals surface area contributed by atoms with Crippen molar-refractivity contribution in [1.82, 2.24) is 9.97 Å². The second kappa shape index (κ2) is 5.10. The zero-order chi connectivity index (χ0) is 12.4. The zero-order valence-electron chi connectivity index (χ0n) is 9.04. The number of nitrogens with zero attached hydrogens (tertiary/aromatic N) is 2. The standard InChI is InChI=1S/C12H9BrClFN2/c1-7-11(13)12(14)17-10(16-7)6-8-3-2-4-9(15)5-8/h2-5H,6H2,1H3. The Bertz CT molecular complexity index is 537. The minimum Gasteiger partial charge on any atom is -0.237 e. The van der Waals surface area contributed by atoms with Crippen LogP contribution in [0.1, 0.15) is 17.1 Å². The Hall–Kier alpha value is -1.00. The summed E-state index contributed by atoms with van der Waals surface area (Å²) in [5, 5.41) is 0.379. The first-order valence-electron chi connectivity index (χ1n) is 4.99. The number of aromatic nitrogens is 2. The molecule has 0 saturated carbocycles. The van der Waals surface area contributed by atoms with Gasteiger partial charge in [0, 0.05) is 6.42 Å². The molecule has 0 aliphatic heterocycles. The number of hydrogen-bond donors (Lipinski definition) is 0. The third-order valence-electron chi connectivity index (χ3n) is 2.27. The van der Waals surface area contributed by atoms with Gasteiger partial charge in [-0.05, 0) is 40.5 Å². The number of halogens is 3. The van der Waals surface area contributed by atoms with Crippen LogP contribution >= 0.6 is 27.5 Å². The van der Waals surface area contributed by atoms with Gasteiger partial charge >= 0.3 is 0 Å². The summed E-state index contributed by atoms with van der Waals surface area (Å²) in [6.45, 7) is 1.84. The zero-order valence-corrected chi connectivity index (χ0v) is 11.4. The van der Waals surface area contributed by atoms with Crippen molar-refractivity contribution in [3.8, 4) is 0 Å². The Morgan fingerprint density at radius 1 is 1.35 bits per heavy atom. The van der Waals surface area contributed by atoms with Crippen molar-refractivity contribution in [2.24, 2.45) is 0 Å². The molecular weight excluding hydrogens is 307 g/mol. The van der Waals surface area contributed by atoms with Crippen LogP contribution in [-0.2, 0) is 6.42 Å². The summed E-state index contributed by atoms with van der Waals surface area (Å²) in [4.78, 5) is 8.44. The molecule has 1 aromatic carbocycles. The molecule has 0 aliphatic carbocycles. The molecule has 5 heteroatoms. The van der Waals surface area contributed by atoms with Crippen LogP contribution in [0.3, 0.4) is 0 Å². The van der Waals surface area contributed by atoms with Crippen LogP contribution in [-0.4, -0.2) is 9.97 Å². The highest BCUT2D eigenvalue weighted by atomic mass is 79.9. The largest absolute Gasteiger partial charge is 0.237 e. The monoisotopic (exact) mass is 314 g/mol. The van der Waals surface area contributed by atoms with E-state index < -0.39 is 0 Å². The molecule has 0 spiro atoms. The van der Waals surface area contributed by atoms with Crippen molar-refractivity contribution < 1.29 is 4.39 Å². The lowest BCUT2D eigenvalue weighted by atomic mass is 10.1. The quantitative estimate of drug-likeness (QED) is 0.785. The molecule has 0 radical (unpaired) electrons. The number of benzene rings is 1. The first-order chi connectivity index (χ1) is 8.06. The molecule has 2 rings (SSSR count). The molecule has 0 fully saturated rings. The highest BCUT2D eigenvalue weighted by Crippen LogP contribution is 2.23. The minimum atomic E-state index is -0.262. The van der Waals surface area contributed by atoms with E-state index in [1.54, 1.807) is 6.07 Å². The van der Waals surface area contributed by atoms with Crippen molar-refractivity contribution in [2.75, 3.05) is 0 Å². The van der Waals surface area contributed by atoms with Crippen LogP contribution in [0.2, 0.25) is 5.15 Å². The highest BCUT2D eigenvalue weighted by Gasteiger charge is 2.08. The van der Waals surface area contributed by atoms with Gasteiger partial charge in [-0.1, -0.05) is 23.7 Å². The minimum absolute atomic E-state index is 0.262. The van der Waals surface area contributed by atoms with Crippen molar-refractivity contribution in [3.63, 3.8) is 0 Å². The molecule has 0 bridgehead atoms. The first kappa shape index (κ1) is 12.5. The average Bonchev–Trinajstić information content (AvgIpc) is 2.26. The van der Waals surface area contributed by atoms with E-state index in [0.29, 0.717) is 21.9 Å². The van der Waals surface area contributed by atoms with E-state index in [-0.39, 0.29) is 5.82 Å². The molecule has 0 unspecified atom stereocenters. The van der Waals surface area contributed by atoms with Gasteiger partial charge in [0.2, 0.25) is 0 Å². The van der Waals surface area contributed by atoms with Gasteiger partial charge in [-0.25, -0.2) is 14.4 Å². The van der Waals surface area contributed by atoms with E-state index in [1.807, 2.05) is 13.0 Å². The number of hydrogen-bond acceptors (Lipinski definition) is 2. The molecule has 0 amide bonds. The summed E-state index contributed by atoms with van der Waals surface area (Å²) in [5.74, 6) is 0.323. The van der Waals surface area contributed by atoms with Crippen LogP contribution < -0.4 is 0 Å². The van der Waals surface area contributed by atoms with E-state index in [0.717, 1.165) is 11.3 Å². The Morgan fingerprint density at radius 2 is 2.12 bits per heavy atom. The summed E-state index contributed by atoms with van der Waals surface area (Å²) in [7, 11) is 0. The molecule has 2 nitrogen and oxygen atoms in total. The second-order valence-electron chi connectivity index (χ2n) is 3.64. The second-order valence-corrected chi connectivity index (χ2v) is 4.79. The molecule has 17 heavy (non-hydrogen) atoms. The normalized spacial score (nSPS) is 10.6. The molecule has 1 aromatic heterocycles. The highest BCUT2D eigenvalue weighted by molar-refractivity contribution is 9.10. The van der Waals surface area contributed by atoms with Crippen LogP contribution in [0.4, 0.5) is 4.39 Å². The van der Waals surface area contributed by atoms with Crippen molar-refractivity contribution in [1.29, 1.82) is 0 Å². The summed E-state index contributed by atoms with van der Waals surface area (Å²) in [5.41, 5.74) is 1.60. The maximum Gasteiger partial charge on any atom is 0.147 e. The van der Waals surface area contributed by atoms with Crippen LogP contribution in [0, 0.1) is 12.7 Å². The average molecular weight is 316 g/mol. The Labute approximate surface area is 112 Å². The molecule has 2 aromatic rings. The maximum atomic E-state index is 13.0. The van der Waals surface area contributed by atoms with Gasteiger partial charge in [0.1, 0.15) is 16.8 Å². The summed E-state index contributed by atoms with van der Waals surface area (Å²) in [6.07, 6.45) is 0.464. The summed E-state index contributed by atoms with van der Waals surface area (Å²) >= 11 is 9.24. The predicted molar refractivity (Wildman–Crippen MR) is 68.7 cm³/mol. The van der Waals surface area contributed by atoms with Crippen LogP contribution in [0.25, 0.3) is 0 Å². The van der Waals surface area contributed by atoms with E-state index >= 15 is 0 Å². The first-order valence-corrected chi connectivity index (χ1v) is 6.16. The van der Waals surface area contributed by atoms with Gasteiger partial charge in [0.15, 0.2) is 0 Å². The summed E-state index contributed by atoms with van der Waals surface area (Å²) < 4.78 is 13.7. The Morgan fingerprint density at radius 3 is 2.76 bits per heavy atom. The summed E-state index contributed by atoms with van der Waals surface area (Å²) in [6, 6.07) is 6.37. The lowest BCUT2D eigenvalue weighted by molar-refractivity contribution is 0.625. The van der Waals surface area contributed by atoms with Crippen molar-refractivity contribution in [3.05, 3.63) is 56.8 Å². The molecule has 88 valence electrons. The van der Waals surface area contributed by atoms with Gasteiger partial charge in [-0.15, -0.1) is 0 Å². The fourth-order valence-corrected chi connectivity index (χ4v) is 1.90. The molecule has 0 saturated heterocycles. The SMILES string of the molecule is Cc1nc(Cc2cccc(F)c2)nc(Cl)c1Br. The molecule has 0 N–H and O–H groups in total. The van der Waals surface area contributed by atoms with Gasteiger partial charge in [0.25, 0.3) is 0 Å². The molecular formula is C12H9BrClFN2. The van der Waals surface area contributed by atoms with Crippen molar-refractivity contribution in [2.45, 2.75) is 13.3 Å². The van der Waals surface area contributed by atoms with Gasteiger partial charge in [0.05, 0.1) is 10.2 Å².